The van der Waals surface area contributed by atoms with E-state index in [1.807, 2.05) is 13.1 Å². The first-order valence-corrected chi connectivity index (χ1v) is 9.15. The molecule has 120 valence electrons. The summed E-state index contributed by atoms with van der Waals surface area (Å²) in [6.45, 7) is 3.36. The fourth-order valence-electron chi connectivity index (χ4n) is 3.45. The van der Waals surface area contributed by atoms with Crippen LogP contribution < -0.4 is 4.90 Å². The van der Waals surface area contributed by atoms with E-state index in [0.717, 1.165) is 29.1 Å². The van der Waals surface area contributed by atoms with Gasteiger partial charge in [0.1, 0.15) is 5.01 Å². The van der Waals surface area contributed by atoms with Crippen LogP contribution in [-0.4, -0.2) is 35.9 Å². The number of hydrogen-bond acceptors (Lipinski definition) is 4. The molecular weight excluding hydrogens is 306 g/mol. The molecule has 1 saturated heterocycles. The molecule has 0 aliphatic carbocycles. The molecule has 3 heterocycles. The van der Waals surface area contributed by atoms with Crippen molar-refractivity contribution in [1.82, 2.24) is 9.88 Å². The van der Waals surface area contributed by atoms with Gasteiger partial charge in [0.05, 0.1) is 18.7 Å². The molecule has 0 unspecified atom stereocenters. The normalized spacial score (nSPS) is 18.5. The maximum atomic E-state index is 11.8. The van der Waals surface area contributed by atoms with Gasteiger partial charge in [-0.2, -0.15) is 0 Å². The van der Waals surface area contributed by atoms with Crippen LogP contribution in [0.15, 0.2) is 23.6 Å². The van der Waals surface area contributed by atoms with Gasteiger partial charge in [0.15, 0.2) is 0 Å². The Bertz CT molecular complexity index is 734. The summed E-state index contributed by atoms with van der Waals surface area (Å²) < 4.78 is 0. The van der Waals surface area contributed by atoms with E-state index < -0.39 is 0 Å². The molecule has 2 aliphatic rings. The predicted molar refractivity (Wildman–Crippen MR) is 93.8 cm³/mol. The number of aromatic nitrogens is 1. The summed E-state index contributed by atoms with van der Waals surface area (Å²) in [6, 6.07) is 6.24. The van der Waals surface area contributed by atoms with E-state index in [9.17, 15) is 4.79 Å². The highest BCUT2D eigenvalue weighted by molar-refractivity contribution is 7.09. The minimum Gasteiger partial charge on any atom is -0.315 e. The summed E-state index contributed by atoms with van der Waals surface area (Å²) in [4.78, 5) is 20.9. The van der Waals surface area contributed by atoms with Crippen LogP contribution in [0.2, 0.25) is 0 Å². The number of hydrogen-bond donors (Lipinski definition) is 0. The number of amides is 1. The SMILES string of the molecule is CN1C(=O)Cc2cc(-c3csc(CN4CCCCC4)n3)ccc21. The first-order valence-electron chi connectivity index (χ1n) is 8.27. The number of thiazole rings is 1. The first kappa shape index (κ1) is 14.8. The Labute approximate surface area is 140 Å². The van der Waals surface area contributed by atoms with Crippen LogP contribution in [0.1, 0.15) is 29.8 Å². The van der Waals surface area contributed by atoms with E-state index in [0.29, 0.717) is 6.42 Å². The van der Waals surface area contributed by atoms with Crippen molar-refractivity contribution in [3.8, 4) is 11.3 Å². The number of carbonyl (C=O) groups excluding carboxylic acids is 1. The zero-order valence-corrected chi connectivity index (χ0v) is 14.2. The summed E-state index contributed by atoms with van der Waals surface area (Å²) in [5.41, 5.74) is 4.29. The van der Waals surface area contributed by atoms with Gasteiger partial charge in [0.2, 0.25) is 5.91 Å². The standard InChI is InChI=1S/C18H21N3OS/c1-20-16-6-5-13(9-14(16)10-18(20)22)15-12-23-17(19-15)11-21-7-3-2-4-8-21/h5-6,9,12H,2-4,7-8,10-11H2,1H3. The highest BCUT2D eigenvalue weighted by atomic mass is 32.1. The number of benzene rings is 1. The predicted octanol–water partition coefficient (Wildman–Crippen LogP) is 3.31. The van der Waals surface area contributed by atoms with Crippen molar-refractivity contribution < 1.29 is 4.79 Å². The third-order valence-electron chi connectivity index (χ3n) is 4.81. The second kappa shape index (κ2) is 6.06. The number of fused-ring (bicyclic) bond motifs is 1. The van der Waals surface area contributed by atoms with Crippen LogP contribution in [-0.2, 0) is 17.8 Å². The number of anilines is 1. The molecule has 4 nitrogen and oxygen atoms in total. The van der Waals surface area contributed by atoms with E-state index in [4.69, 9.17) is 4.98 Å². The molecular formula is C18H21N3OS. The average Bonchev–Trinajstić information content (AvgIpc) is 3.14. The molecule has 0 N–H and O–H groups in total. The van der Waals surface area contributed by atoms with Gasteiger partial charge in [-0.05, 0) is 43.6 Å². The number of nitrogens with zero attached hydrogens (tertiary/aromatic N) is 3. The van der Waals surface area contributed by atoms with Crippen LogP contribution in [0.25, 0.3) is 11.3 Å². The van der Waals surface area contributed by atoms with Crippen molar-refractivity contribution in [3.05, 3.63) is 34.2 Å². The van der Waals surface area contributed by atoms with Gasteiger partial charge in [0, 0.05) is 23.7 Å². The molecule has 2 aliphatic heterocycles. The lowest BCUT2D eigenvalue weighted by Crippen LogP contribution is -2.28. The van der Waals surface area contributed by atoms with E-state index >= 15 is 0 Å². The van der Waals surface area contributed by atoms with Crippen LogP contribution in [0.4, 0.5) is 5.69 Å². The lowest BCUT2D eigenvalue weighted by Gasteiger charge is -2.25. The highest BCUT2D eigenvalue weighted by Gasteiger charge is 2.24. The topological polar surface area (TPSA) is 36.4 Å². The Morgan fingerprint density at radius 1 is 1.22 bits per heavy atom. The van der Waals surface area contributed by atoms with Gasteiger partial charge in [0.25, 0.3) is 0 Å². The molecule has 4 rings (SSSR count). The van der Waals surface area contributed by atoms with Gasteiger partial charge >= 0.3 is 0 Å². The van der Waals surface area contributed by atoms with Crippen molar-refractivity contribution in [3.63, 3.8) is 0 Å². The molecule has 0 spiro atoms. The summed E-state index contributed by atoms with van der Waals surface area (Å²) in [5, 5.41) is 3.33. The minimum atomic E-state index is 0.168. The third kappa shape index (κ3) is 2.91. The second-order valence-corrected chi connectivity index (χ2v) is 7.38. The zero-order chi connectivity index (χ0) is 15.8. The molecule has 1 amide bonds. The smallest absolute Gasteiger partial charge is 0.231 e. The Morgan fingerprint density at radius 3 is 2.87 bits per heavy atom. The minimum absolute atomic E-state index is 0.168. The van der Waals surface area contributed by atoms with Crippen LogP contribution >= 0.6 is 11.3 Å². The van der Waals surface area contributed by atoms with Gasteiger partial charge in [-0.15, -0.1) is 11.3 Å². The van der Waals surface area contributed by atoms with Crippen molar-refractivity contribution in [2.75, 3.05) is 25.0 Å². The fourth-order valence-corrected chi connectivity index (χ4v) is 4.30. The van der Waals surface area contributed by atoms with Crippen molar-refractivity contribution >= 4 is 22.9 Å². The van der Waals surface area contributed by atoms with Crippen molar-refractivity contribution in [2.24, 2.45) is 0 Å². The molecule has 23 heavy (non-hydrogen) atoms. The number of likely N-dealkylation sites (N-methyl/N-ethyl adjacent to an activating group) is 1. The molecule has 0 atom stereocenters. The molecule has 0 bridgehead atoms. The lowest BCUT2D eigenvalue weighted by atomic mass is 10.1. The Kier molecular flexibility index (Phi) is 3.91. The molecule has 1 aromatic heterocycles. The van der Waals surface area contributed by atoms with Gasteiger partial charge in [-0.3, -0.25) is 9.69 Å². The van der Waals surface area contributed by atoms with E-state index in [1.165, 1.54) is 37.4 Å². The Morgan fingerprint density at radius 2 is 2.04 bits per heavy atom. The van der Waals surface area contributed by atoms with E-state index in [-0.39, 0.29) is 5.91 Å². The third-order valence-corrected chi connectivity index (χ3v) is 5.65. The fraction of sp³-hybridized carbons (Fsp3) is 0.444. The van der Waals surface area contributed by atoms with E-state index in [1.54, 1.807) is 16.2 Å². The first-order chi connectivity index (χ1) is 11.2. The summed E-state index contributed by atoms with van der Waals surface area (Å²) in [5.74, 6) is 0.168. The van der Waals surface area contributed by atoms with Crippen LogP contribution in [0.3, 0.4) is 0 Å². The lowest BCUT2D eigenvalue weighted by molar-refractivity contribution is -0.117. The second-order valence-electron chi connectivity index (χ2n) is 6.44. The number of rotatable bonds is 3. The zero-order valence-electron chi connectivity index (χ0n) is 13.4. The van der Waals surface area contributed by atoms with Gasteiger partial charge < -0.3 is 4.90 Å². The molecule has 2 aromatic rings. The Balaban J connectivity index is 1.53. The highest BCUT2D eigenvalue weighted by Crippen LogP contribution is 2.32. The quantitative estimate of drug-likeness (QED) is 0.868. The number of piperidine rings is 1. The average molecular weight is 327 g/mol. The van der Waals surface area contributed by atoms with Crippen LogP contribution in [0.5, 0.6) is 0 Å². The van der Waals surface area contributed by atoms with Crippen molar-refractivity contribution in [1.29, 1.82) is 0 Å². The molecule has 1 fully saturated rings. The maximum absolute atomic E-state index is 11.8. The monoisotopic (exact) mass is 327 g/mol. The molecule has 1 aromatic carbocycles. The number of likely N-dealkylation sites (tertiary alicyclic amines) is 1. The molecule has 5 heteroatoms. The largest absolute Gasteiger partial charge is 0.315 e. The van der Waals surface area contributed by atoms with Gasteiger partial charge in [-0.1, -0.05) is 12.5 Å². The van der Waals surface area contributed by atoms with E-state index in [2.05, 4.69) is 22.4 Å². The molecule has 0 radical (unpaired) electrons. The summed E-state index contributed by atoms with van der Waals surface area (Å²) >= 11 is 1.74. The Hall–Kier alpha value is -1.72. The molecule has 0 saturated carbocycles. The maximum Gasteiger partial charge on any atom is 0.231 e. The number of carbonyl (C=O) groups is 1. The summed E-state index contributed by atoms with van der Waals surface area (Å²) in [7, 11) is 1.84. The van der Waals surface area contributed by atoms with Crippen LogP contribution in [0, 0.1) is 0 Å². The van der Waals surface area contributed by atoms with Gasteiger partial charge in [-0.25, -0.2) is 4.98 Å². The summed E-state index contributed by atoms with van der Waals surface area (Å²) in [6.07, 6.45) is 4.49. The van der Waals surface area contributed by atoms with Crippen molar-refractivity contribution in [2.45, 2.75) is 32.2 Å².